The molecule has 0 saturated heterocycles. The molecule has 20 heavy (non-hydrogen) atoms. The van der Waals surface area contributed by atoms with Gasteiger partial charge in [0.2, 0.25) is 0 Å². The smallest absolute Gasteiger partial charge is 0.294 e. The van der Waals surface area contributed by atoms with E-state index in [1.165, 1.54) is 0 Å². The Kier molecular flexibility index (Phi) is 11.6. The van der Waals surface area contributed by atoms with Gasteiger partial charge in [-0.15, -0.1) is 30.3 Å². The van der Waals surface area contributed by atoms with Crippen molar-refractivity contribution in [3.8, 4) is 0 Å². The van der Waals surface area contributed by atoms with Gasteiger partial charge in [-0.05, 0) is 19.4 Å². The lowest BCUT2D eigenvalue weighted by atomic mass is 10.2. The summed E-state index contributed by atoms with van der Waals surface area (Å²) in [6, 6.07) is 0. The topological polar surface area (TPSA) is 180 Å². The van der Waals surface area contributed by atoms with Crippen molar-refractivity contribution in [1.82, 2.24) is 5.32 Å². The molecular formula is C7H16N4O9. The first kappa shape index (κ1) is 19.9. The van der Waals surface area contributed by atoms with Crippen LogP contribution in [-0.4, -0.2) is 46.3 Å². The number of hydrogen-bond acceptors (Lipinski definition) is 9. The summed E-state index contributed by atoms with van der Waals surface area (Å²) in [6.45, 7) is 4.05. The summed E-state index contributed by atoms with van der Waals surface area (Å²) in [5.41, 5.74) is 0. The van der Waals surface area contributed by atoms with Gasteiger partial charge in [0, 0.05) is 6.54 Å². The molecule has 2 unspecified atom stereocenters. The molecule has 0 fully saturated rings. The first-order valence-corrected chi connectivity index (χ1v) is 5.27. The molecule has 0 heterocycles. The summed E-state index contributed by atoms with van der Waals surface area (Å²) >= 11 is 0. The molecule has 2 atom stereocenters. The van der Waals surface area contributed by atoms with Gasteiger partial charge in [0.15, 0.2) is 0 Å². The highest BCUT2D eigenvalue weighted by molar-refractivity contribution is 4.58. The van der Waals surface area contributed by atoms with Gasteiger partial charge in [0.1, 0.15) is 12.7 Å². The number of rotatable bonds is 9. The van der Waals surface area contributed by atoms with E-state index in [-0.39, 0.29) is 12.5 Å². The van der Waals surface area contributed by atoms with E-state index in [0.29, 0.717) is 13.1 Å². The van der Waals surface area contributed by atoms with Crippen LogP contribution in [0.25, 0.3) is 0 Å². The highest BCUT2D eigenvalue weighted by Crippen LogP contribution is 1.95. The molecule has 0 aliphatic carbocycles. The van der Waals surface area contributed by atoms with Gasteiger partial charge in [-0.2, -0.15) is 0 Å². The fourth-order valence-electron chi connectivity index (χ4n) is 0.964. The van der Waals surface area contributed by atoms with Crippen LogP contribution in [-0.2, 0) is 9.68 Å². The second kappa shape index (κ2) is 11.6. The van der Waals surface area contributed by atoms with Gasteiger partial charge < -0.3 is 20.2 Å². The van der Waals surface area contributed by atoms with E-state index < -0.39 is 21.4 Å². The van der Waals surface area contributed by atoms with Crippen LogP contribution in [0.4, 0.5) is 0 Å². The van der Waals surface area contributed by atoms with Crippen LogP contribution in [0, 0.1) is 36.3 Å². The molecule has 0 saturated carbocycles. The number of nitrogens with zero attached hydrogens (tertiary/aromatic N) is 3. The van der Waals surface area contributed by atoms with Crippen LogP contribution >= 0.6 is 0 Å². The second-order valence-corrected chi connectivity index (χ2v) is 3.66. The number of hydrogen-bond donors (Lipinski definition) is 2. The van der Waals surface area contributed by atoms with Crippen molar-refractivity contribution in [2.75, 3.05) is 19.7 Å². The Morgan fingerprint density at radius 2 is 1.60 bits per heavy atom. The molecule has 13 nitrogen and oxygen atoms in total. The normalized spacial score (nSPS) is 12.3. The predicted octanol–water partition coefficient (Wildman–Crippen LogP) is -0.330. The SMILES string of the molecule is CC(CNCC(C)O[N+](=O)[O-])CO[N+](=O)[O-].O=[N+]([O-])O. The number of nitrogens with one attached hydrogen (secondary N) is 1. The molecule has 0 aliphatic rings. The minimum absolute atomic E-state index is 0.00945. The molecule has 0 aliphatic heterocycles. The summed E-state index contributed by atoms with van der Waals surface area (Å²) in [5, 5.41) is 34.6. The summed E-state index contributed by atoms with van der Waals surface area (Å²) in [4.78, 5) is 36.6. The van der Waals surface area contributed by atoms with Gasteiger partial charge in [-0.25, -0.2) is 0 Å². The van der Waals surface area contributed by atoms with Crippen LogP contribution in [0.5, 0.6) is 0 Å². The minimum Gasteiger partial charge on any atom is -0.328 e. The molecule has 0 aromatic carbocycles. The minimum atomic E-state index is -1.50. The average molecular weight is 300 g/mol. The molecule has 118 valence electrons. The van der Waals surface area contributed by atoms with Crippen LogP contribution in [0.3, 0.4) is 0 Å². The third-order valence-corrected chi connectivity index (χ3v) is 1.66. The Bertz CT molecular complexity index is 309. The van der Waals surface area contributed by atoms with Crippen molar-refractivity contribution in [1.29, 1.82) is 0 Å². The lowest BCUT2D eigenvalue weighted by molar-refractivity contribution is -0.767. The standard InChI is InChI=1S/C7H15N3O6.HNO3/c1-6(5-15-9(11)12)3-8-4-7(2)16-10(13)14;2-1(3)4/h6-8H,3-5H2,1-2H3;(H,2,3,4). The van der Waals surface area contributed by atoms with Crippen molar-refractivity contribution >= 4 is 0 Å². The molecular weight excluding hydrogens is 284 g/mol. The zero-order valence-electron chi connectivity index (χ0n) is 10.8. The Morgan fingerprint density at radius 1 is 1.10 bits per heavy atom. The molecule has 13 heteroatoms. The quantitative estimate of drug-likeness (QED) is 0.422. The Hall–Kier alpha value is -2.44. The molecule has 0 radical (unpaired) electrons. The maximum Gasteiger partial charge on any atom is 0.294 e. The highest BCUT2D eigenvalue weighted by Gasteiger charge is 2.08. The first-order valence-electron chi connectivity index (χ1n) is 5.27. The van der Waals surface area contributed by atoms with Crippen LogP contribution in [0.1, 0.15) is 13.8 Å². The van der Waals surface area contributed by atoms with Crippen molar-refractivity contribution < 1.29 is 30.1 Å². The molecule has 0 aromatic rings. The Morgan fingerprint density at radius 3 is 2.00 bits per heavy atom. The lowest BCUT2D eigenvalue weighted by Gasteiger charge is -2.13. The zero-order valence-corrected chi connectivity index (χ0v) is 10.8. The summed E-state index contributed by atoms with van der Waals surface area (Å²) in [6.07, 6.45) is -0.557. The molecule has 0 bridgehead atoms. The maximum absolute atomic E-state index is 9.94. The van der Waals surface area contributed by atoms with E-state index in [1.54, 1.807) is 13.8 Å². The monoisotopic (exact) mass is 300 g/mol. The van der Waals surface area contributed by atoms with Crippen LogP contribution in [0.2, 0.25) is 0 Å². The third-order valence-electron chi connectivity index (χ3n) is 1.66. The van der Waals surface area contributed by atoms with Gasteiger partial charge >= 0.3 is 0 Å². The molecule has 2 N–H and O–H groups in total. The molecule has 0 aromatic heterocycles. The van der Waals surface area contributed by atoms with Crippen molar-refractivity contribution in [2.45, 2.75) is 20.0 Å². The highest BCUT2D eigenvalue weighted by atomic mass is 17.0. The fourth-order valence-corrected chi connectivity index (χ4v) is 0.964. The van der Waals surface area contributed by atoms with E-state index in [9.17, 15) is 20.2 Å². The van der Waals surface area contributed by atoms with Crippen LogP contribution < -0.4 is 5.32 Å². The van der Waals surface area contributed by atoms with E-state index in [0.717, 1.165) is 0 Å². The Labute approximate surface area is 112 Å². The molecule has 0 amide bonds. The third kappa shape index (κ3) is 20.9. The Balaban J connectivity index is 0. The molecule has 0 rings (SSSR count). The summed E-state index contributed by atoms with van der Waals surface area (Å²) in [5.74, 6) is -0.0618. The van der Waals surface area contributed by atoms with E-state index in [4.69, 9.17) is 15.3 Å². The van der Waals surface area contributed by atoms with Gasteiger partial charge in [-0.3, -0.25) is 0 Å². The van der Waals surface area contributed by atoms with E-state index in [2.05, 4.69) is 15.0 Å². The largest absolute Gasteiger partial charge is 0.328 e. The van der Waals surface area contributed by atoms with Crippen LogP contribution in [0.15, 0.2) is 0 Å². The van der Waals surface area contributed by atoms with Gasteiger partial charge in [0.05, 0.1) is 0 Å². The fraction of sp³-hybridized carbons (Fsp3) is 1.00. The van der Waals surface area contributed by atoms with Crippen molar-refractivity contribution in [2.24, 2.45) is 5.92 Å². The summed E-state index contributed by atoms with van der Waals surface area (Å²) < 4.78 is 0. The first-order chi connectivity index (χ1) is 9.15. The summed E-state index contributed by atoms with van der Waals surface area (Å²) in [7, 11) is 0. The van der Waals surface area contributed by atoms with Crippen molar-refractivity contribution in [3.63, 3.8) is 0 Å². The lowest BCUT2D eigenvalue weighted by Crippen LogP contribution is -2.32. The predicted molar refractivity (Wildman–Crippen MR) is 61.3 cm³/mol. The second-order valence-electron chi connectivity index (χ2n) is 3.66. The van der Waals surface area contributed by atoms with Gasteiger partial charge in [0.25, 0.3) is 15.3 Å². The van der Waals surface area contributed by atoms with E-state index in [1.807, 2.05) is 0 Å². The maximum atomic E-state index is 9.94. The zero-order chi connectivity index (χ0) is 16.1. The average Bonchev–Trinajstić information content (AvgIpc) is 2.24. The van der Waals surface area contributed by atoms with Crippen molar-refractivity contribution in [3.05, 3.63) is 30.3 Å². The molecule has 0 spiro atoms. The van der Waals surface area contributed by atoms with E-state index >= 15 is 0 Å². The van der Waals surface area contributed by atoms with Gasteiger partial charge in [-0.1, -0.05) is 6.92 Å².